The van der Waals surface area contributed by atoms with Crippen molar-refractivity contribution in [1.29, 1.82) is 0 Å². The third kappa shape index (κ3) is 15.4. The zero-order chi connectivity index (χ0) is 34.0. The number of piperidine rings is 1. The van der Waals surface area contributed by atoms with Gasteiger partial charge in [-0.25, -0.2) is 9.97 Å². The Morgan fingerprint density at radius 1 is 0.915 bits per heavy atom. The van der Waals surface area contributed by atoms with Crippen LogP contribution in [0.2, 0.25) is 0 Å². The first kappa shape index (κ1) is 42.2. The van der Waals surface area contributed by atoms with Crippen LogP contribution in [0.5, 0.6) is 11.5 Å². The number of carbonyl (C=O) groups is 1. The quantitative estimate of drug-likeness (QED) is 0.0940. The molecule has 0 saturated carbocycles. The number of nitrogens with zero attached hydrogens (tertiary/aromatic N) is 4. The number of hydrogen-bond acceptors (Lipinski definition) is 7. The molecule has 256 valence electrons. The molecule has 1 saturated heterocycles. The molecule has 0 radical (unpaired) electrons. The second kappa shape index (κ2) is 26.5. The van der Waals surface area contributed by atoms with Gasteiger partial charge in [0.05, 0.1) is 11.1 Å². The third-order valence-electron chi connectivity index (χ3n) is 6.42. The molecule has 2 aromatic heterocycles. The molecule has 0 aliphatic carbocycles. The fraction of sp³-hybridized carbons (Fsp3) is 0.368. The predicted molar refractivity (Wildman–Crippen MR) is 200 cm³/mol. The number of carbonyl (C=O) groups excluding carboxylic acids is 1. The summed E-state index contributed by atoms with van der Waals surface area (Å²) in [4.78, 5) is 21.7. The lowest BCUT2D eigenvalue weighted by Gasteiger charge is -2.25. The van der Waals surface area contributed by atoms with Crippen molar-refractivity contribution < 1.29 is 9.53 Å². The Labute approximate surface area is 282 Å². The number of nitrogens with two attached hydrogens (primary N) is 2. The lowest BCUT2D eigenvalue weighted by Crippen LogP contribution is -2.34. The molecule has 0 bridgehead atoms. The number of nitrogens with one attached hydrogen (secondary N) is 1. The minimum absolute atomic E-state index is 0. The number of fused-ring (bicyclic) bond motifs is 1. The zero-order valence-electron chi connectivity index (χ0n) is 28.1. The van der Waals surface area contributed by atoms with Crippen molar-refractivity contribution in [2.75, 3.05) is 25.4 Å². The minimum atomic E-state index is 0. The number of aromatic amines is 1. The van der Waals surface area contributed by atoms with Crippen LogP contribution in [0.3, 0.4) is 0 Å². The summed E-state index contributed by atoms with van der Waals surface area (Å²) in [5, 5.41) is 7.85. The van der Waals surface area contributed by atoms with Crippen LogP contribution in [0, 0.1) is 0 Å². The number of allylic oxidation sites excluding steroid dienone is 3. The highest BCUT2D eigenvalue weighted by molar-refractivity contribution is 5.97. The van der Waals surface area contributed by atoms with Gasteiger partial charge in [-0.15, -0.1) is 0 Å². The molecular weight excluding hydrogens is 586 g/mol. The molecule has 2 aromatic carbocycles. The van der Waals surface area contributed by atoms with Gasteiger partial charge < -0.3 is 21.1 Å². The van der Waals surface area contributed by atoms with Crippen molar-refractivity contribution in [2.45, 2.75) is 73.6 Å². The summed E-state index contributed by atoms with van der Waals surface area (Å²) in [6.07, 6.45) is 15.1. The fourth-order valence-corrected chi connectivity index (χ4v) is 4.21. The molecule has 0 spiro atoms. The molecule has 9 heteroatoms. The van der Waals surface area contributed by atoms with Crippen molar-refractivity contribution in [2.24, 2.45) is 5.73 Å². The number of ether oxygens (including phenoxy) is 1. The maximum absolute atomic E-state index is 11.6. The smallest absolute Gasteiger partial charge is 0.246 e. The molecule has 1 aliphatic heterocycles. The van der Waals surface area contributed by atoms with E-state index in [0.29, 0.717) is 11.5 Å². The van der Waals surface area contributed by atoms with Crippen LogP contribution in [0.15, 0.2) is 98.4 Å². The van der Waals surface area contributed by atoms with E-state index >= 15 is 0 Å². The van der Waals surface area contributed by atoms with Gasteiger partial charge >= 0.3 is 0 Å². The second-order valence-corrected chi connectivity index (χ2v) is 9.54. The molecule has 0 atom stereocenters. The van der Waals surface area contributed by atoms with Crippen LogP contribution >= 0.6 is 0 Å². The van der Waals surface area contributed by atoms with E-state index in [-0.39, 0.29) is 13.3 Å². The lowest BCUT2D eigenvalue weighted by atomic mass is 10.1. The van der Waals surface area contributed by atoms with E-state index in [1.807, 2.05) is 93.3 Å². The van der Waals surface area contributed by atoms with Crippen LogP contribution in [-0.2, 0) is 4.79 Å². The van der Waals surface area contributed by atoms with E-state index in [2.05, 4.69) is 33.3 Å². The molecule has 5 N–H and O–H groups in total. The molecule has 9 nitrogen and oxygen atoms in total. The molecule has 1 fully saturated rings. The lowest BCUT2D eigenvalue weighted by molar-refractivity contribution is -0.126. The first-order valence-corrected chi connectivity index (χ1v) is 16.2. The molecule has 4 aromatic rings. The first-order valence-electron chi connectivity index (χ1n) is 16.2. The van der Waals surface area contributed by atoms with Gasteiger partial charge in [-0.3, -0.25) is 9.89 Å². The van der Waals surface area contributed by atoms with Crippen molar-refractivity contribution in [3.05, 3.63) is 98.4 Å². The maximum Gasteiger partial charge on any atom is 0.246 e. The van der Waals surface area contributed by atoms with E-state index in [1.165, 1.54) is 12.7 Å². The number of hydrogen-bond donors (Lipinski definition) is 3. The van der Waals surface area contributed by atoms with Crippen molar-refractivity contribution in [1.82, 2.24) is 25.1 Å². The first-order chi connectivity index (χ1) is 22.6. The van der Waals surface area contributed by atoms with Crippen molar-refractivity contribution >= 4 is 22.8 Å². The van der Waals surface area contributed by atoms with Gasteiger partial charge in [0, 0.05) is 18.7 Å². The monoisotopic (exact) mass is 643 g/mol. The Balaban J connectivity index is 0.000000766. The maximum atomic E-state index is 11.6. The number of benzene rings is 2. The van der Waals surface area contributed by atoms with Gasteiger partial charge in [-0.2, -0.15) is 5.10 Å². The number of para-hydroxylation sites is 1. The molecule has 1 amide bonds. The van der Waals surface area contributed by atoms with Crippen molar-refractivity contribution in [3.8, 4) is 22.8 Å². The number of unbranched alkanes of at least 4 members (excludes halogenated alkanes) is 2. The number of amides is 1. The summed E-state index contributed by atoms with van der Waals surface area (Å²) in [5.41, 5.74) is 13.6. The average molecular weight is 644 g/mol. The number of aromatic nitrogens is 4. The van der Waals surface area contributed by atoms with E-state index < -0.39 is 0 Å². The number of nitrogen functional groups attached to an aromatic ring is 1. The third-order valence-corrected chi connectivity index (χ3v) is 6.42. The highest BCUT2D eigenvalue weighted by atomic mass is 16.5. The van der Waals surface area contributed by atoms with Crippen LogP contribution in [0.4, 0.5) is 5.82 Å². The summed E-state index contributed by atoms with van der Waals surface area (Å²) in [6.45, 7) is 17.3. The van der Waals surface area contributed by atoms with Crippen molar-refractivity contribution in [3.63, 3.8) is 0 Å². The summed E-state index contributed by atoms with van der Waals surface area (Å²) >= 11 is 0. The molecule has 1 aliphatic rings. The Kier molecular flexibility index (Phi) is 23.8. The Morgan fingerprint density at radius 2 is 1.53 bits per heavy atom. The molecular formula is C38H57N7O2. The van der Waals surface area contributed by atoms with Crippen LogP contribution < -0.4 is 16.2 Å². The van der Waals surface area contributed by atoms with Gasteiger partial charge in [0.15, 0.2) is 5.65 Å². The number of H-pyrrole nitrogens is 1. The average Bonchev–Trinajstić information content (AvgIpc) is 3.57. The Morgan fingerprint density at radius 3 is 2.13 bits per heavy atom. The topological polar surface area (TPSA) is 136 Å². The number of anilines is 1. The molecule has 5 rings (SSSR count). The largest absolute Gasteiger partial charge is 0.457 e. The molecule has 47 heavy (non-hydrogen) atoms. The minimum Gasteiger partial charge on any atom is -0.457 e. The van der Waals surface area contributed by atoms with Gasteiger partial charge in [0.2, 0.25) is 5.91 Å². The second-order valence-electron chi connectivity index (χ2n) is 9.54. The normalized spacial score (nSPS) is 11.5. The summed E-state index contributed by atoms with van der Waals surface area (Å²) < 4.78 is 5.79. The van der Waals surface area contributed by atoms with E-state index in [0.717, 1.165) is 79.9 Å². The highest BCUT2D eigenvalue weighted by Crippen LogP contribution is 2.30. The predicted octanol–water partition coefficient (Wildman–Crippen LogP) is 9.13. The van der Waals surface area contributed by atoms with Gasteiger partial charge in [0.25, 0.3) is 0 Å². The molecule has 3 heterocycles. The van der Waals surface area contributed by atoms with E-state index in [1.54, 1.807) is 18.2 Å². The number of rotatable bonds is 9. The summed E-state index contributed by atoms with van der Waals surface area (Å²) in [7, 11) is 0. The van der Waals surface area contributed by atoms with E-state index in [4.69, 9.17) is 16.2 Å². The van der Waals surface area contributed by atoms with Crippen LogP contribution in [0.25, 0.3) is 22.3 Å². The zero-order valence-corrected chi connectivity index (χ0v) is 28.1. The SMILES string of the molecule is C.C=CC=C.CC.CC.NCCCC/C=C/C(=O)N1CCCCC1.Nc1ncnc2n[nH]c(-c3ccc(Oc4ccccc4)cc3)c12. The van der Waals surface area contributed by atoms with E-state index in [9.17, 15) is 4.79 Å². The van der Waals surface area contributed by atoms with Gasteiger partial charge in [0.1, 0.15) is 23.6 Å². The Hall–Kier alpha value is -4.76. The summed E-state index contributed by atoms with van der Waals surface area (Å²) in [5.74, 6) is 2.14. The number of likely N-dealkylation sites (tertiary alicyclic amines) is 1. The summed E-state index contributed by atoms with van der Waals surface area (Å²) in [6, 6.07) is 17.3. The standard InChI is InChI=1S/C17H13N5O.C12H22N2O.C4H6.2C2H6.CH4/c18-16-14-15(21-22-17(14)20-10-19-16)11-6-8-13(9-7-11)23-12-4-2-1-3-5-12;13-9-5-2-1-4-8-12(15)14-10-6-3-7-11-14;1-3-4-2;2*1-2;/h1-10H,(H3,18,19,20,21,22);4,8H,1-3,5-7,9-11,13H2;3-4H,1-2H2;2*1-2H3;1H4/b;8-4+;;;;. The fourth-order valence-electron chi connectivity index (χ4n) is 4.21. The van der Waals surface area contributed by atoms with Crippen LogP contribution in [0.1, 0.15) is 73.6 Å². The van der Waals surface area contributed by atoms with Gasteiger partial charge in [-0.1, -0.05) is 84.7 Å². The van der Waals surface area contributed by atoms with Crippen LogP contribution in [-0.4, -0.2) is 50.6 Å². The van der Waals surface area contributed by atoms with Gasteiger partial charge in [-0.05, 0) is 87.5 Å². The Bertz CT molecular complexity index is 1410. The highest BCUT2D eigenvalue weighted by Gasteiger charge is 2.14. The molecule has 0 unspecified atom stereocenters.